The monoisotopic (exact) mass is 243 g/mol. The summed E-state index contributed by atoms with van der Waals surface area (Å²) >= 11 is 0. The van der Waals surface area contributed by atoms with Crippen molar-refractivity contribution < 1.29 is 0 Å². The van der Waals surface area contributed by atoms with Crippen LogP contribution in [0.25, 0.3) is 11.0 Å². The Kier molecular flexibility index (Phi) is 3.08. The first-order valence-electron chi connectivity index (χ1n) is 7.02. The number of fused-ring (bicyclic) bond motifs is 1. The minimum atomic E-state index is 0.279. The van der Waals surface area contributed by atoms with Gasteiger partial charge in [-0.3, -0.25) is 0 Å². The Labute approximate surface area is 108 Å². The van der Waals surface area contributed by atoms with Crippen molar-refractivity contribution in [3.05, 3.63) is 30.1 Å². The van der Waals surface area contributed by atoms with Crippen LogP contribution in [0.5, 0.6) is 0 Å². The first-order valence-corrected chi connectivity index (χ1v) is 7.02. The summed E-state index contributed by atoms with van der Waals surface area (Å²) < 4.78 is 2.40. The molecule has 0 amide bonds. The first kappa shape index (κ1) is 11.7. The van der Waals surface area contributed by atoms with E-state index in [9.17, 15) is 0 Å². The maximum atomic E-state index is 6.34. The third-order valence-corrected chi connectivity index (χ3v) is 4.10. The number of para-hydroxylation sites is 2. The number of benzene rings is 1. The Morgan fingerprint density at radius 3 is 2.83 bits per heavy atom. The number of imidazole rings is 1. The zero-order chi connectivity index (χ0) is 12.5. The van der Waals surface area contributed by atoms with E-state index in [1.165, 1.54) is 30.6 Å². The number of nitrogens with two attached hydrogens (primary N) is 1. The highest BCUT2D eigenvalue weighted by atomic mass is 15.1. The average Bonchev–Trinajstić information content (AvgIpc) is 2.78. The predicted molar refractivity (Wildman–Crippen MR) is 74.6 cm³/mol. The van der Waals surface area contributed by atoms with Gasteiger partial charge in [-0.25, -0.2) is 4.98 Å². The van der Waals surface area contributed by atoms with Crippen molar-refractivity contribution in [2.24, 2.45) is 5.73 Å². The molecule has 0 saturated heterocycles. The molecule has 2 atom stereocenters. The highest BCUT2D eigenvalue weighted by Gasteiger charge is 2.26. The number of aromatic nitrogens is 2. The summed E-state index contributed by atoms with van der Waals surface area (Å²) in [4.78, 5) is 4.75. The molecular weight excluding hydrogens is 222 g/mol. The summed E-state index contributed by atoms with van der Waals surface area (Å²) in [6.07, 6.45) is 5.85. The van der Waals surface area contributed by atoms with Crippen molar-refractivity contribution >= 4 is 11.0 Å². The molecule has 0 radical (unpaired) electrons. The second-order valence-corrected chi connectivity index (χ2v) is 5.26. The lowest BCUT2D eigenvalue weighted by atomic mass is 9.90. The fraction of sp³-hybridized carbons (Fsp3) is 0.533. The Balaban J connectivity index is 2.13. The van der Waals surface area contributed by atoms with Gasteiger partial charge in [0.2, 0.25) is 0 Å². The summed E-state index contributed by atoms with van der Waals surface area (Å²) in [5.41, 5.74) is 8.69. The smallest absolute Gasteiger partial charge is 0.109 e. The number of hydrogen-bond acceptors (Lipinski definition) is 2. The lowest BCUT2D eigenvalue weighted by Crippen LogP contribution is -2.35. The molecule has 0 spiro atoms. The topological polar surface area (TPSA) is 43.8 Å². The molecule has 18 heavy (non-hydrogen) atoms. The fourth-order valence-electron chi connectivity index (χ4n) is 3.17. The van der Waals surface area contributed by atoms with E-state index < -0.39 is 0 Å². The third-order valence-electron chi connectivity index (χ3n) is 4.10. The molecule has 96 valence electrons. The molecule has 1 aliphatic rings. The Hall–Kier alpha value is -1.35. The first-order chi connectivity index (χ1) is 8.81. The van der Waals surface area contributed by atoms with Gasteiger partial charge in [-0.05, 0) is 25.0 Å². The minimum Gasteiger partial charge on any atom is -0.326 e. The molecule has 1 heterocycles. The minimum absolute atomic E-state index is 0.279. The second kappa shape index (κ2) is 4.73. The van der Waals surface area contributed by atoms with Crippen molar-refractivity contribution in [2.45, 2.75) is 51.1 Å². The van der Waals surface area contributed by atoms with Gasteiger partial charge in [0.15, 0.2) is 0 Å². The standard InChI is InChI=1S/C15H21N3/c1-2-15-17-12-8-4-6-10-14(12)18(15)13-9-5-3-7-11(13)16/h4,6,8,10-11,13H,2-3,5,7,9,16H2,1H3. The van der Waals surface area contributed by atoms with Gasteiger partial charge in [-0.15, -0.1) is 0 Å². The van der Waals surface area contributed by atoms with Gasteiger partial charge >= 0.3 is 0 Å². The van der Waals surface area contributed by atoms with Gasteiger partial charge in [-0.1, -0.05) is 31.9 Å². The Morgan fingerprint density at radius 1 is 1.28 bits per heavy atom. The third kappa shape index (κ3) is 1.83. The van der Waals surface area contributed by atoms with Crippen LogP contribution in [-0.4, -0.2) is 15.6 Å². The summed E-state index contributed by atoms with van der Waals surface area (Å²) in [6, 6.07) is 9.12. The van der Waals surface area contributed by atoms with E-state index in [4.69, 9.17) is 10.7 Å². The van der Waals surface area contributed by atoms with E-state index in [2.05, 4.69) is 35.8 Å². The fourth-order valence-corrected chi connectivity index (χ4v) is 3.17. The van der Waals surface area contributed by atoms with Crippen LogP contribution >= 0.6 is 0 Å². The van der Waals surface area contributed by atoms with Crippen LogP contribution in [0.15, 0.2) is 24.3 Å². The molecular formula is C15H21N3. The second-order valence-electron chi connectivity index (χ2n) is 5.26. The number of hydrogen-bond donors (Lipinski definition) is 1. The van der Waals surface area contributed by atoms with Crippen LogP contribution in [0.2, 0.25) is 0 Å². The van der Waals surface area contributed by atoms with Crippen LogP contribution in [0.3, 0.4) is 0 Å². The molecule has 2 unspecified atom stereocenters. The maximum absolute atomic E-state index is 6.34. The van der Waals surface area contributed by atoms with Crippen LogP contribution in [-0.2, 0) is 6.42 Å². The lowest BCUT2D eigenvalue weighted by molar-refractivity contribution is 0.306. The largest absolute Gasteiger partial charge is 0.326 e. The SMILES string of the molecule is CCc1nc2ccccc2n1C1CCCCC1N. The van der Waals surface area contributed by atoms with Gasteiger partial charge in [0.1, 0.15) is 5.82 Å². The highest BCUT2D eigenvalue weighted by Crippen LogP contribution is 2.31. The average molecular weight is 243 g/mol. The molecule has 2 N–H and O–H groups in total. The lowest BCUT2D eigenvalue weighted by Gasteiger charge is -2.31. The molecule has 1 aliphatic carbocycles. The van der Waals surface area contributed by atoms with Crippen molar-refractivity contribution in [2.75, 3.05) is 0 Å². The Bertz CT molecular complexity index is 544. The summed E-state index contributed by atoms with van der Waals surface area (Å²) in [7, 11) is 0. The van der Waals surface area contributed by atoms with Crippen LogP contribution < -0.4 is 5.73 Å². The normalized spacial score (nSPS) is 24.6. The molecule has 0 aliphatic heterocycles. The molecule has 1 aromatic heterocycles. The zero-order valence-corrected chi connectivity index (χ0v) is 11.0. The van der Waals surface area contributed by atoms with Crippen LogP contribution in [0.4, 0.5) is 0 Å². The molecule has 0 bridgehead atoms. The van der Waals surface area contributed by atoms with Crippen molar-refractivity contribution in [1.29, 1.82) is 0 Å². The summed E-state index contributed by atoms with van der Waals surface area (Å²) in [5, 5.41) is 0. The van der Waals surface area contributed by atoms with E-state index in [-0.39, 0.29) is 6.04 Å². The molecule has 2 aromatic rings. The molecule has 3 heteroatoms. The Morgan fingerprint density at radius 2 is 2.06 bits per heavy atom. The van der Waals surface area contributed by atoms with Gasteiger partial charge in [0, 0.05) is 12.5 Å². The van der Waals surface area contributed by atoms with E-state index in [0.717, 1.165) is 18.4 Å². The van der Waals surface area contributed by atoms with Crippen LogP contribution in [0.1, 0.15) is 44.5 Å². The molecule has 1 saturated carbocycles. The van der Waals surface area contributed by atoms with Gasteiger partial charge in [0.25, 0.3) is 0 Å². The van der Waals surface area contributed by atoms with Gasteiger partial charge < -0.3 is 10.3 Å². The van der Waals surface area contributed by atoms with Crippen molar-refractivity contribution in [3.63, 3.8) is 0 Å². The quantitative estimate of drug-likeness (QED) is 0.881. The number of aryl methyl sites for hydroxylation is 1. The van der Waals surface area contributed by atoms with Crippen LogP contribution in [0, 0.1) is 0 Å². The zero-order valence-electron chi connectivity index (χ0n) is 11.0. The van der Waals surface area contributed by atoms with Crippen molar-refractivity contribution in [3.8, 4) is 0 Å². The van der Waals surface area contributed by atoms with E-state index in [1.54, 1.807) is 0 Å². The van der Waals surface area contributed by atoms with E-state index in [0.29, 0.717) is 6.04 Å². The summed E-state index contributed by atoms with van der Waals surface area (Å²) in [5.74, 6) is 1.18. The van der Waals surface area contributed by atoms with Gasteiger partial charge in [0.05, 0.1) is 17.1 Å². The molecule has 3 rings (SSSR count). The maximum Gasteiger partial charge on any atom is 0.109 e. The van der Waals surface area contributed by atoms with Crippen molar-refractivity contribution in [1.82, 2.24) is 9.55 Å². The van der Waals surface area contributed by atoms with E-state index >= 15 is 0 Å². The molecule has 1 aromatic carbocycles. The number of nitrogens with zero attached hydrogens (tertiary/aromatic N) is 2. The number of rotatable bonds is 2. The molecule has 3 nitrogen and oxygen atoms in total. The van der Waals surface area contributed by atoms with E-state index in [1.807, 2.05) is 0 Å². The predicted octanol–water partition coefficient (Wildman–Crippen LogP) is 3.04. The summed E-state index contributed by atoms with van der Waals surface area (Å²) in [6.45, 7) is 2.17. The highest BCUT2D eigenvalue weighted by molar-refractivity contribution is 5.76. The van der Waals surface area contributed by atoms with Gasteiger partial charge in [-0.2, -0.15) is 0 Å². The molecule has 1 fully saturated rings.